The number of carboxylic acids is 1. The standard InChI is InChI=1S/C66H127NO8/c1-6-8-10-12-14-16-18-20-22-24-25-26-27-28-29-30-31-32-33-34-35-36-37-38-39-41-43-45-47-49-51-53-55-57-64(69)75-62(61-74-66(65(70)71)72-59-58-67(3,4)5)60-73-63(68)56-54-52-50-48-46-44-42-40-23-21-19-17-15-13-11-9-7-2/h24-25,62,66H,6-23,26-61H2,1-5H3/b25-24-. The molecular weight excluding hydrogens is 935 g/mol. The van der Waals surface area contributed by atoms with E-state index in [9.17, 15) is 19.5 Å². The normalized spacial score (nSPS) is 12.7. The van der Waals surface area contributed by atoms with E-state index in [0.29, 0.717) is 17.4 Å². The van der Waals surface area contributed by atoms with E-state index in [1.807, 2.05) is 21.1 Å². The van der Waals surface area contributed by atoms with Crippen molar-refractivity contribution >= 4 is 17.9 Å². The third-order valence-electron chi connectivity index (χ3n) is 15.0. The first-order valence-electron chi connectivity index (χ1n) is 32.8. The topological polar surface area (TPSA) is 111 Å². The second-order valence-electron chi connectivity index (χ2n) is 23.8. The van der Waals surface area contributed by atoms with Crippen LogP contribution in [0.3, 0.4) is 0 Å². The maximum atomic E-state index is 12.9. The van der Waals surface area contributed by atoms with Gasteiger partial charge in [0, 0.05) is 12.8 Å². The number of likely N-dealkylation sites (N-methyl/N-ethyl adjacent to an activating group) is 1. The first-order valence-corrected chi connectivity index (χ1v) is 32.8. The van der Waals surface area contributed by atoms with Crippen molar-refractivity contribution in [3.63, 3.8) is 0 Å². The fourth-order valence-electron chi connectivity index (χ4n) is 9.95. The van der Waals surface area contributed by atoms with Crippen LogP contribution in [0.4, 0.5) is 0 Å². The van der Waals surface area contributed by atoms with Gasteiger partial charge in [0.25, 0.3) is 0 Å². The van der Waals surface area contributed by atoms with Crippen LogP contribution in [-0.2, 0) is 33.3 Å². The highest BCUT2D eigenvalue weighted by Crippen LogP contribution is 2.18. The number of aliphatic carboxylic acids is 1. The molecule has 9 heteroatoms. The smallest absolute Gasteiger partial charge is 0.306 e. The second kappa shape index (κ2) is 58.2. The number of nitrogens with zero attached hydrogens (tertiary/aromatic N) is 1. The Kier molecular flexibility index (Phi) is 56.7. The molecule has 0 bridgehead atoms. The highest BCUT2D eigenvalue weighted by atomic mass is 16.7. The van der Waals surface area contributed by atoms with Gasteiger partial charge in [0.1, 0.15) is 13.2 Å². The average Bonchev–Trinajstić information content (AvgIpc) is 3.38. The summed E-state index contributed by atoms with van der Waals surface area (Å²) in [6.07, 6.45) is 65.8. The van der Waals surface area contributed by atoms with Crippen molar-refractivity contribution in [3.05, 3.63) is 12.2 Å². The van der Waals surface area contributed by atoms with E-state index in [4.69, 9.17) is 18.9 Å². The van der Waals surface area contributed by atoms with Gasteiger partial charge in [0.05, 0.1) is 40.3 Å². The molecule has 2 unspecified atom stereocenters. The Morgan fingerprint density at radius 2 is 0.680 bits per heavy atom. The summed E-state index contributed by atoms with van der Waals surface area (Å²) in [6, 6.07) is 0. The Balaban J connectivity index is 4.03. The van der Waals surface area contributed by atoms with E-state index in [2.05, 4.69) is 26.0 Å². The third-order valence-corrected chi connectivity index (χ3v) is 15.0. The average molecular weight is 1060 g/mol. The number of hydrogen-bond donors (Lipinski definition) is 0. The van der Waals surface area contributed by atoms with Crippen molar-refractivity contribution in [3.8, 4) is 0 Å². The summed E-state index contributed by atoms with van der Waals surface area (Å²) < 4.78 is 22.8. The predicted molar refractivity (Wildman–Crippen MR) is 316 cm³/mol. The van der Waals surface area contributed by atoms with Gasteiger partial charge in [0.2, 0.25) is 0 Å². The Morgan fingerprint density at radius 3 is 0.987 bits per heavy atom. The van der Waals surface area contributed by atoms with E-state index in [-0.39, 0.29) is 32.2 Å². The molecule has 0 aliphatic rings. The highest BCUT2D eigenvalue weighted by Gasteiger charge is 2.22. The summed E-state index contributed by atoms with van der Waals surface area (Å²) >= 11 is 0. The molecule has 9 nitrogen and oxygen atoms in total. The van der Waals surface area contributed by atoms with Gasteiger partial charge < -0.3 is 33.3 Å². The molecule has 2 atom stereocenters. The summed E-state index contributed by atoms with van der Waals surface area (Å²) in [5.74, 6) is -2.25. The molecular formula is C66H127NO8. The fraction of sp³-hybridized carbons (Fsp3) is 0.924. The molecule has 0 aromatic carbocycles. The van der Waals surface area contributed by atoms with E-state index in [1.165, 1.54) is 270 Å². The minimum absolute atomic E-state index is 0.152. The van der Waals surface area contributed by atoms with Gasteiger partial charge in [-0.3, -0.25) is 9.59 Å². The number of ether oxygens (including phenoxy) is 4. The molecule has 0 spiro atoms. The van der Waals surface area contributed by atoms with E-state index in [0.717, 1.165) is 38.5 Å². The molecule has 0 aromatic heterocycles. The summed E-state index contributed by atoms with van der Waals surface area (Å²) in [5.41, 5.74) is 0. The van der Waals surface area contributed by atoms with Crippen molar-refractivity contribution in [1.29, 1.82) is 0 Å². The second-order valence-corrected chi connectivity index (χ2v) is 23.8. The number of carbonyl (C=O) groups is 3. The lowest BCUT2D eigenvalue weighted by Crippen LogP contribution is -2.44. The first-order chi connectivity index (χ1) is 36.6. The lowest BCUT2D eigenvalue weighted by atomic mass is 10.0. The summed E-state index contributed by atoms with van der Waals surface area (Å²) in [5, 5.41) is 11.8. The molecule has 0 saturated heterocycles. The lowest BCUT2D eigenvalue weighted by Gasteiger charge is -2.26. The van der Waals surface area contributed by atoms with Gasteiger partial charge in [-0.1, -0.05) is 296 Å². The zero-order valence-corrected chi connectivity index (χ0v) is 50.7. The zero-order valence-electron chi connectivity index (χ0n) is 50.7. The van der Waals surface area contributed by atoms with Crippen LogP contribution in [0.25, 0.3) is 0 Å². The Bertz CT molecular complexity index is 1240. The zero-order chi connectivity index (χ0) is 54.8. The molecule has 0 saturated carbocycles. The largest absolute Gasteiger partial charge is 0.545 e. The number of esters is 2. The van der Waals surface area contributed by atoms with Gasteiger partial charge >= 0.3 is 11.9 Å². The summed E-state index contributed by atoms with van der Waals surface area (Å²) in [6.45, 7) is 4.82. The predicted octanol–water partition coefficient (Wildman–Crippen LogP) is 18.4. The molecule has 0 N–H and O–H groups in total. The molecule has 0 aromatic rings. The van der Waals surface area contributed by atoms with Crippen molar-refractivity contribution in [2.75, 3.05) is 47.5 Å². The maximum absolute atomic E-state index is 12.9. The number of carboxylic acid groups (broad SMARTS) is 1. The quantitative estimate of drug-likeness (QED) is 0.0195. The monoisotopic (exact) mass is 1060 g/mol. The fourth-order valence-corrected chi connectivity index (χ4v) is 9.95. The highest BCUT2D eigenvalue weighted by molar-refractivity contribution is 5.70. The first kappa shape index (κ1) is 73.0. The van der Waals surface area contributed by atoms with Crippen LogP contribution in [0.1, 0.15) is 335 Å². The molecule has 0 amide bonds. The maximum Gasteiger partial charge on any atom is 0.306 e. The van der Waals surface area contributed by atoms with Crippen LogP contribution < -0.4 is 5.11 Å². The van der Waals surface area contributed by atoms with Gasteiger partial charge in [-0.2, -0.15) is 0 Å². The van der Waals surface area contributed by atoms with Gasteiger partial charge in [-0.15, -0.1) is 0 Å². The molecule has 0 aliphatic carbocycles. The molecule has 0 fully saturated rings. The number of quaternary nitrogens is 1. The van der Waals surface area contributed by atoms with E-state index < -0.39 is 24.3 Å². The number of rotatable bonds is 62. The molecule has 0 rings (SSSR count). The van der Waals surface area contributed by atoms with Gasteiger partial charge in [-0.25, -0.2) is 0 Å². The van der Waals surface area contributed by atoms with Gasteiger partial charge in [-0.05, 0) is 38.5 Å². The van der Waals surface area contributed by atoms with Crippen LogP contribution in [0, 0.1) is 0 Å². The molecule has 444 valence electrons. The molecule has 0 radical (unpaired) electrons. The number of unbranched alkanes of at least 4 members (excludes halogenated alkanes) is 45. The Hall–Kier alpha value is -1.97. The van der Waals surface area contributed by atoms with Crippen molar-refractivity contribution in [2.24, 2.45) is 0 Å². The van der Waals surface area contributed by atoms with E-state index in [1.54, 1.807) is 0 Å². The number of hydrogen-bond acceptors (Lipinski definition) is 8. The SMILES string of the molecule is CCCCCCCCCC/C=C\CCCCCCCCCCCCCCCCCCCCCCCC(=O)OC(COC(=O)CCCCCCCCCCCCCCCCCCC)COC(OCC[N+](C)(C)C)C(=O)[O-]. The minimum atomic E-state index is -1.62. The molecule has 75 heavy (non-hydrogen) atoms. The van der Waals surface area contributed by atoms with Crippen LogP contribution in [0.15, 0.2) is 12.2 Å². The van der Waals surface area contributed by atoms with Crippen LogP contribution in [-0.4, -0.2) is 82.3 Å². The third kappa shape index (κ3) is 59.5. The van der Waals surface area contributed by atoms with Gasteiger partial charge in [0.15, 0.2) is 12.4 Å². The van der Waals surface area contributed by atoms with Crippen molar-refractivity contribution in [2.45, 2.75) is 347 Å². The summed E-state index contributed by atoms with van der Waals surface area (Å²) in [7, 11) is 5.94. The lowest BCUT2D eigenvalue weighted by molar-refractivity contribution is -0.870. The summed E-state index contributed by atoms with van der Waals surface area (Å²) in [4.78, 5) is 37.3. The number of allylic oxidation sites excluding steroid dienone is 2. The van der Waals surface area contributed by atoms with Crippen LogP contribution in [0.2, 0.25) is 0 Å². The van der Waals surface area contributed by atoms with E-state index >= 15 is 0 Å². The number of carbonyl (C=O) groups excluding carboxylic acids is 3. The van der Waals surface area contributed by atoms with Crippen LogP contribution in [0.5, 0.6) is 0 Å². The molecule has 0 heterocycles. The Morgan fingerprint density at radius 1 is 0.387 bits per heavy atom. The van der Waals surface area contributed by atoms with Crippen molar-refractivity contribution < 1.29 is 42.9 Å². The van der Waals surface area contributed by atoms with Crippen molar-refractivity contribution in [1.82, 2.24) is 0 Å². The molecule has 0 aliphatic heterocycles. The minimum Gasteiger partial charge on any atom is -0.545 e. The Labute approximate surface area is 465 Å². The van der Waals surface area contributed by atoms with Crippen LogP contribution >= 0.6 is 0 Å².